The summed E-state index contributed by atoms with van der Waals surface area (Å²) < 4.78 is 0. The van der Waals surface area contributed by atoms with Gasteiger partial charge in [0.05, 0.1) is 0 Å². The molecule has 104 valence electrons. The predicted molar refractivity (Wildman–Crippen MR) is 73.0 cm³/mol. The van der Waals surface area contributed by atoms with Gasteiger partial charge in [-0.15, -0.1) is 0 Å². The van der Waals surface area contributed by atoms with Crippen molar-refractivity contribution < 1.29 is 4.79 Å². The Morgan fingerprint density at radius 2 is 1.68 bits per heavy atom. The normalized spacial score (nSPS) is 47.6. The minimum absolute atomic E-state index is 0.0347. The Morgan fingerprint density at radius 1 is 1.16 bits per heavy atom. The van der Waals surface area contributed by atoms with Crippen molar-refractivity contribution >= 4 is 11.9 Å². The van der Waals surface area contributed by atoms with E-state index in [-0.39, 0.29) is 17.6 Å². The van der Waals surface area contributed by atoms with E-state index >= 15 is 0 Å². The van der Waals surface area contributed by atoms with Gasteiger partial charge < -0.3 is 4.90 Å². The largest absolute Gasteiger partial charge is 0.323 e. The van der Waals surface area contributed by atoms with Gasteiger partial charge in [-0.3, -0.25) is 10.7 Å². The number of amidine groups is 1. The second kappa shape index (κ2) is 3.53. The number of rotatable bonds is 1. The van der Waals surface area contributed by atoms with Gasteiger partial charge in [0, 0.05) is 6.04 Å². The topological polar surface area (TPSA) is 56.2 Å². The maximum Gasteiger partial charge on any atom is 0.323 e. The molecule has 4 bridgehead atoms. The van der Waals surface area contributed by atoms with Gasteiger partial charge in [-0.25, -0.2) is 4.79 Å². The Labute approximate surface area is 114 Å². The van der Waals surface area contributed by atoms with Crippen LogP contribution in [0, 0.1) is 29.1 Å². The number of urea groups is 1. The van der Waals surface area contributed by atoms with Crippen LogP contribution in [0.3, 0.4) is 0 Å². The summed E-state index contributed by atoms with van der Waals surface area (Å²) in [5, 5.41) is 11.3. The van der Waals surface area contributed by atoms with E-state index in [4.69, 9.17) is 5.41 Å². The van der Waals surface area contributed by atoms with Gasteiger partial charge in [-0.05, 0) is 69.6 Å². The molecule has 5 rings (SSSR count). The highest BCUT2D eigenvalue weighted by atomic mass is 16.2. The van der Waals surface area contributed by atoms with Gasteiger partial charge in [0.2, 0.25) is 0 Å². The zero-order valence-electron chi connectivity index (χ0n) is 11.8. The van der Waals surface area contributed by atoms with Gasteiger partial charge in [0.25, 0.3) is 0 Å². The molecule has 5 fully saturated rings. The molecule has 4 aliphatic carbocycles. The summed E-state index contributed by atoms with van der Waals surface area (Å²) in [6.45, 7) is 4.18. The number of nitrogens with one attached hydrogen (secondary N) is 2. The van der Waals surface area contributed by atoms with Crippen LogP contribution in [0.5, 0.6) is 0 Å². The number of hydrogen-bond acceptors (Lipinski definition) is 2. The quantitative estimate of drug-likeness (QED) is 0.749. The third-order valence-electron chi connectivity index (χ3n) is 6.15. The molecular formula is C15H23N3O. The van der Waals surface area contributed by atoms with Gasteiger partial charge in [-0.1, -0.05) is 0 Å². The summed E-state index contributed by atoms with van der Waals surface area (Å²) in [6.07, 6.45) is 6.32. The Hall–Kier alpha value is -1.06. The van der Waals surface area contributed by atoms with E-state index in [1.165, 1.54) is 32.1 Å². The highest BCUT2D eigenvalue weighted by Gasteiger charge is 2.66. The van der Waals surface area contributed by atoms with E-state index in [0.29, 0.717) is 17.7 Å². The fourth-order valence-corrected chi connectivity index (χ4v) is 5.92. The minimum atomic E-state index is -0.279. The van der Waals surface area contributed by atoms with Gasteiger partial charge >= 0.3 is 6.03 Å². The Balaban J connectivity index is 1.83. The van der Waals surface area contributed by atoms with Crippen LogP contribution in [-0.4, -0.2) is 28.3 Å². The molecule has 2 N–H and O–H groups in total. The fraction of sp³-hybridized carbons (Fsp3) is 0.867. The molecule has 2 amide bonds. The van der Waals surface area contributed by atoms with Crippen molar-refractivity contribution in [2.24, 2.45) is 23.7 Å². The van der Waals surface area contributed by atoms with Crippen LogP contribution in [-0.2, 0) is 0 Å². The molecule has 0 aromatic rings. The molecule has 0 atom stereocenters. The number of hydrogen-bond donors (Lipinski definition) is 2. The fourth-order valence-electron chi connectivity index (χ4n) is 5.92. The lowest BCUT2D eigenvalue weighted by atomic mass is 9.48. The molecule has 1 aliphatic heterocycles. The second-order valence-corrected chi connectivity index (χ2v) is 7.40. The standard InChI is InChI=1S/C15H23N3O/c1-8(2)18-14(19)17-13(16)15(18)11-4-9-3-10(6-11)7-12(15)5-9/h8-12H,3-7H2,1-2H3,(H2,16,17,19). The summed E-state index contributed by atoms with van der Waals surface area (Å²) in [4.78, 5) is 14.3. The average Bonchev–Trinajstić information content (AvgIpc) is 2.57. The molecule has 1 heterocycles. The average molecular weight is 261 g/mol. The Morgan fingerprint density at radius 3 is 2.16 bits per heavy atom. The Bertz CT molecular complexity index is 428. The first kappa shape index (κ1) is 11.7. The van der Waals surface area contributed by atoms with E-state index in [2.05, 4.69) is 19.2 Å². The smallest absolute Gasteiger partial charge is 0.309 e. The number of amides is 2. The third kappa shape index (κ3) is 1.25. The lowest BCUT2D eigenvalue weighted by Crippen LogP contribution is -2.68. The van der Waals surface area contributed by atoms with Crippen LogP contribution < -0.4 is 5.32 Å². The van der Waals surface area contributed by atoms with Crippen molar-refractivity contribution in [1.82, 2.24) is 10.2 Å². The molecule has 4 heteroatoms. The summed E-state index contributed by atoms with van der Waals surface area (Å²) in [5.74, 6) is 3.28. The highest BCUT2D eigenvalue weighted by Crippen LogP contribution is 2.61. The molecular weight excluding hydrogens is 238 g/mol. The number of carbonyl (C=O) groups excluding carboxylic acids is 1. The summed E-state index contributed by atoms with van der Waals surface area (Å²) in [6, 6.07) is 0.146. The second-order valence-electron chi connectivity index (χ2n) is 7.40. The summed E-state index contributed by atoms with van der Waals surface area (Å²) >= 11 is 0. The molecule has 0 unspecified atom stereocenters. The van der Waals surface area contributed by atoms with Crippen LogP contribution in [0.25, 0.3) is 0 Å². The van der Waals surface area contributed by atoms with E-state index in [9.17, 15) is 4.79 Å². The number of nitrogens with zero attached hydrogens (tertiary/aromatic N) is 1. The zero-order valence-corrected chi connectivity index (χ0v) is 11.8. The van der Waals surface area contributed by atoms with Gasteiger partial charge in [-0.2, -0.15) is 0 Å². The van der Waals surface area contributed by atoms with E-state index in [1.807, 2.05) is 4.90 Å². The van der Waals surface area contributed by atoms with Crippen molar-refractivity contribution in [1.29, 1.82) is 5.41 Å². The van der Waals surface area contributed by atoms with Crippen LogP contribution in [0.2, 0.25) is 0 Å². The van der Waals surface area contributed by atoms with E-state index in [1.54, 1.807) is 0 Å². The highest BCUT2D eigenvalue weighted by molar-refractivity contribution is 6.09. The monoisotopic (exact) mass is 261 g/mol. The maximum atomic E-state index is 12.3. The van der Waals surface area contributed by atoms with Crippen LogP contribution in [0.4, 0.5) is 4.79 Å². The van der Waals surface area contributed by atoms with Crippen LogP contribution in [0.1, 0.15) is 46.0 Å². The third-order valence-corrected chi connectivity index (χ3v) is 6.15. The molecule has 0 aromatic carbocycles. The Kier molecular flexibility index (Phi) is 2.18. The van der Waals surface area contributed by atoms with E-state index < -0.39 is 0 Å². The molecule has 4 saturated carbocycles. The van der Waals surface area contributed by atoms with Crippen molar-refractivity contribution in [2.45, 2.75) is 57.5 Å². The molecule has 1 spiro atoms. The SMILES string of the molecule is CC(C)N1C(=O)NC(=N)C12C1CC3CC(C1)CC2C3. The molecule has 5 aliphatic rings. The lowest BCUT2D eigenvalue weighted by Gasteiger charge is -2.62. The van der Waals surface area contributed by atoms with Crippen LogP contribution in [0.15, 0.2) is 0 Å². The molecule has 0 aromatic heterocycles. The van der Waals surface area contributed by atoms with Crippen molar-refractivity contribution in [3.05, 3.63) is 0 Å². The lowest BCUT2D eigenvalue weighted by molar-refractivity contribution is -0.0838. The van der Waals surface area contributed by atoms with Gasteiger partial charge in [0.15, 0.2) is 0 Å². The van der Waals surface area contributed by atoms with Gasteiger partial charge in [0.1, 0.15) is 11.4 Å². The first-order chi connectivity index (χ1) is 9.03. The molecule has 19 heavy (non-hydrogen) atoms. The predicted octanol–water partition coefficient (Wildman–Crippen LogP) is 2.59. The van der Waals surface area contributed by atoms with Crippen LogP contribution >= 0.6 is 0 Å². The first-order valence-electron chi connectivity index (χ1n) is 7.72. The summed E-state index contributed by atoms with van der Waals surface area (Å²) in [7, 11) is 0. The van der Waals surface area contributed by atoms with Crippen molar-refractivity contribution in [2.75, 3.05) is 0 Å². The molecule has 4 nitrogen and oxygen atoms in total. The minimum Gasteiger partial charge on any atom is -0.309 e. The maximum absolute atomic E-state index is 12.3. The zero-order chi connectivity index (χ0) is 13.4. The van der Waals surface area contributed by atoms with Crippen molar-refractivity contribution in [3.63, 3.8) is 0 Å². The molecule has 1 saturated heterocycles. The van der Waals surface area contributed by atoms with E-state index in [0.717, 1.165) is 11.8 Å². The summed E-state index contributed by atoms with van der Waals surface area (Å²) in [5.41, 5.74) is -0.279. The number of carbonyl (C=O) groups is 1. The van der Waals surface area contributed by atoms with Crippen molar-refractivity contribution in [3.8, 4) is 0 Å². The molecule has 0 radical (unpaired) electrons. The first-order valence-corrected chi connectivity index (χ1v) is 7.72.